The van der Waals surface area contributed by atoms with Crippen LogP contribution < -0.4 is 5.32 Å². The van der Waals surface area contributed by atoms with Gasteiger partial charge >= 0.3 is 5.97 Å². The molecule has 0 radical (unpaired) electrons. The summed E-state index contributed by atoms with van der Waals surface area (Å²) in [6.07, 6.45) is 5.70. The smallest absolute Gasteiger partial charge is 0.306 e. The van der Waals surface area contributed by atoms with Gasteiger partial charge in [-0.15, -0.1) is 0 Å². The molecule has 0 spiro atoms. The first-order chi connectivity index (χ1) is 8.59. The molecule has 1 heterocycles. The van der Waals surface area contributed by atoms with E-state index in [2.05, 4.69) is 5.32 Å². The summed E-state index contributed by atoms with van der Waals surface area (Å²) in [6, 6.07) is 3.49. The fourth-order valence-electron chi connectivity index (χ4n) is 1.35. The minimum atomic E-state index is -0.806. The molecule has 0 fully saturated rings. The molecule has 98 valence electrons. The number of nitrogens with one attached hydrogen (secondary N) is 1. The van der Waals surface area contributed by atoms with Crippen molar-refractivity contribution in [3.63, 3.8) is 0 Å². The van der Waals surface area contributed by atoms with E-state index in [-0.39, 0.29) is 11.8 Å². The molecule has 1 amide bonds. The van der Waals surface area contributed by atoms with Gasteiger partial charge in [0.2, 0.25) is 5.91 Å². The lowest BCUT2D eigenvalue weighted by Crippen LogP contribution is -2.23. The number of carboxylic acid groups (broad SMARTS) is 1. The van der Waals surface area contributed by atoms with Gasteiger partial charge in [-0.3, -0.25) is 9.59 Å². The molecule has 1 aromatic heterocycles. The van der Waals surface area contributed by atoms with Crippen LogP contribution in [0.15, 0.2) is 28.9 Å². The zero-order valence-corrected chi connectivity index (χ0v) is 10.3. The molecule has 0 aliphatic heterocycles. The van der Waals surface area contributed by atoms with Crippen LogP contribution in [0.25, 0.3) is 6.08 Å². The monoisotopic (exact) mass is 251 g/mol. The van der Waals surface area contributed by atoms with Crippen LogP contribution in [0.1, 0.15) is 25.5 Å². The number of carboxylic acids is 1. The van der Waals surface area contributed by atoms with Gasteiger partial charge in [0.05, 0.1) is 12.2 Å². The van der Waals surface area contributed by atoms with E-state index in [1.807, 2.05) is 0 Å². The van der Waals surface area contributed by atoms with Gasteiger partial charge in [-0.05, 0) is 31.1 Å². The number of carbonyl (C=O) groups excluding carboxylic acids is 1. The summed E-state index contributed by atoms with van der Waals surface area (Å²) < 4.78 is 5.04. The number of hydrogen-bond donors (Lipinski definition) is 2. The summed E-state index contributed by atoms with van der Waals surface area (Å²) in [7, 11) is 0. The molecular weight excluding hydrogens is 234 g/mol. The van der Waals surface area contributed by atoms with E-state index in [9.17, 15) is 9.59 Å². The second kappa shape index (κ2) is 7.32. The van der Waals surface area contributed by atoms with Gasteiger partial charge in [-0.25, -0.2) is 0 Å². The quantitative estimate of drug-likeness (QED) is 0.573. The predicted octanol–water partition coefficient (Wildman–Crippen LogP) is 1.91. The zero-order valence-electron chi connectivity index (χ0n) is 10.3. The first-order valence-electron chi connectivity index (χ1n) is 5.82. The van der Waals surface area contributed by atoms with Crippen molar-refractivity contribution in [2.75, 3.05) is 6.54 Å². The van der Waals surface area contributed by atoms with Crippen molar-refractivity contribution in [3.8, 4) is 0 Å². The van der Waals surface area contributed by atoms with Crippen LogP contribution in [0, 0.1) is 5.92 Å². The number of amides is 1. The van der Waals surface area contributed by atoms with Crippen molar-refractivity contribution in [1.29, 1.82) is 0 Å². The number of furan rings is 1. The average Bonchev–Trinajstić information content (AvgIpc) is 2.84. The molecule has 0 aromatic carbocycles. The van der Waals surface area contributed by atoms with E-state index in [0.717, 1.165) is 0 Å². The Hall–Kier alpha value is -2.04. The number of carbonyl (C=O) groups is 2. The Balaban J connectivity index is 2.16. The Morgan fingerprint density at radius 2 is 2.33 bits per heavy atom. The third-order valence-corrected chi connectivity index (χ3v) is 2.48. The summed E-state index contributed by atoms with van der Waals surface area (Å²) >= 11 is 0. The highest BCUT2D eigenvalue weighted by molar-refractivity contribution is 5.91. The van der Waals surface area contributed by atoms with Crippen LogP contribution in [0.4, 0.5) is 0 Å². The molecule has 1 unspecified atom stereocenters. The molecular formula is C13H17NO4. The highest BCUT2D eigenvalue weighted by Crippen LogP contribution is 2.04. The van der Waals surface area contributed by atoms with Crippen LogP contribution in [-0.4, -0.2) is 23.5 Å². The third-order valence-electron chi connectivity index (χ3n) is 2.48. The SMILES string of the molecule is CC(CCCNC(=O)/C=C/c1ccco1)C(=O)O. The Morgan fingerprint density at radius 1 is 1.56 bits per heavy atom. The van der Waals surface area contributed by atoms with Gasteiger partial charge in [0.1, 0.15) is 5.76 Å². The molecule has 0 saturated heterocycles. The van der Waals surface area contributed by atoms with Crippen molar-refractivity contribution in [3.05, 3.63) is 30.2 Å². The maximum absolute atomic E-state index is 11.4. The Morgan fingerprint density at radius 3 is 2.94 bits per heavy atom. The lowest BCUT2D eigenvalue weighted by atomic mass is 10.1. The fraction of sp³-hybridized carbons (Fsp3) is 0.385. The van der Waals surface area contributed by atoms with Crippen LogP contribution in [0.3, 0.4) is 0 Å². The lowest BCUT2D eigenvalue weighted by molar-refractivity contribution is -0.141. The summed E-state index contributed by atoms with van der Waals surface area (Å²) in [5.41, 5.74) is 0. The van der Waals surface area contributed by atoms with Crippen molar-refractivity contribution in [2.24, 2.45) is 5.92 Å². The van der Waals surface area contributed by atoms with E-state index in [0.29, 0.717) is 25.1 Å². The molecule has 0 saturated carbocycles. The molecule has 18 heavy (non-hydrogen) atoms. The van der Waals surface area contributed by atoms with Crippen molar-refractivity contribution in [2.45, 2.75) is 19.8 Å². The molecule has 0 bridgehead atoms. The van der Waals surface area contributed by atoms with Crippen molar-refractivity contribution in [1.82, 2.24) is 5.32 Å². The van der Waals surface area contributed by atoms with Gasteiger partial charge in [0.15, 0.2) is 0 Å². The molecule has 0 aliphatic rings. The molecule has 2 N–H and O–H groups in total. The maximum atomic E-state index is 11.4. The largest absolute Gasteiger partial charge is 0.481 e. The summed E-state index contributed by atoms with van der Waals surface area (Å²) in [6.45, 7) is 2.12. The second-order valence-corrected chi connectivity index (χ2v) is 4.02. The second-order valence-electron chi connectivity index (χ2n) is 4.02. The summed E-state index contributed by atoms with van der Waals surface area (Å²) in [4.78, 5) is 21.9. The molecule has 0 aliphatic carbocycles. The van der Waals surface area contributed by atoms with Crippen LogP contribution in [-0.2, 0) is 9.59 Å². The summed E-state index contributed by atoms with van der Waals surface area (Å²) in [5, 5.41) is 11.4. The minimum Gasteiger partial charge on any atom is -0.481 e. The van der Waals surface area contributed by atoms with Crippen LogP contribution in [0.2, 0.25) is 0 Å². The van der Waals surface area contributed by atoms with Gasteiger partial charge in [-0.2, -0.15) is 0 Å². The number of rotatable bonds is 7. The first kappa shape index (κ1) is 14.0. The molecule has 5 nitrogen and oxygen atoms in total. The zero-order chi connectivity index (χ0) is 13.4. The Bertz CT molecular complexity index is 409. The van der Waals surface area contributed by atoms with E-state index in [1.165, 1.54) is 12.3 Å². The summed E-state index contributed by atoms with van der Waals surface area (Å²) in [5.74, 6) is -0.779. The van der Waals surface area contributed by atoms with E-state index < -0.39 is 5.97 Å². The number of aliphatic carboxylic acids is 1. The average molecular weight is 251 g/mol. The standard InChI is InChI=1S/C13H17NO4/c1-10(13(16)17)4-2-8-14-12(15)7-6-11-5-3-9-18-11/h3,5-7,9-10H,2,4,8H2,1H3,(H,14,15)(H,16,17)/b7-6+. The predicted molar refractivity (Wildman–Crippen MR) is 66.8 cm³/mol. The van der Waals surface area contributed by atoms with E-state index in [4.69, 9.17) is 9.52 Å². The highest BCUT2D eigenvalue weighted by Gasteiger charge is 2.09. The minimum absolute atomic E-state index is 0.214. The van der Waals surface area contributed by atoms with Gasteiger partial charge < -0.3 is 14.8 Å². The van der Waals surface area contributed by atoms with Gasteiger partial charge in [-0.1, -0.05) is 6.92 Å². The molecule has 1 rings (SSSR count). The van der Waals surface area contributed by atoms with Crippen molar-refractivity contribution >= 4 is 18.0 Å². The maximum Gasteiger partial charge on any atom is 0.306 e. The molecule has 1 atom stereocenters. The Kier molecular flexibility index (Phi) is 5.70. The first-order valence-corrected chi connectivity index (χ1v) is 5.82. The van der Waals surface area contributed by atoms with E-state index in [1.54, 1.807) is 25.1 Å². The normalized spacial score (nSPS) is 12.5. The van der Waals surface area contributed by atoms with Gasteiger partial charge in [0, 0.05) is 12.6 Å². The third kappa shape index (κ3) is 5.34. The highest BCUT2D eigenvalue weighted by atomic mass is 16.4. The topological polar surface area (TPSA) is 79.5 Å². The van der Waals surface area contributed by atoms with Crippen molar-refractivity contribution < 1.29 is 19.1 Å². The van der Waals surface area contributed by atoms with Gasteiger partial charge in [0.25, 0.3) is 0 Å². The molecule has 5 heteroatoms. The van der Waals surface area contributed by atoms with Crippen LogP contribution >= 0.6 is 0 Å². The number of hydrogen-bond acceptors (Lipinski definition) is 3. The molecule has 1 aromatic rings. The van der Waals surface area contributed by atoms with E-state index >= 15 is 0 Å². The fourth-order valence-corrected chi connectivity index (χ4v) is 1.35. The lowest BCUT2D eigenvalue weighted by Gasteiger charge is -2.05. The Labute approximate surface area is 105 Å². The van der Waals surface area contributed by atoms with Crippen LogP contribution in [0.5, 0.6) is 0 Å².